The number of anilines is 2. The highest BCUT2D eigenvalue weighted by Gasteiger charge is 2.21. The van der Waals surface area contributed by atoms with Crippen LogP contribution in [0.5, 0.6) is 5.75 Å². The van der Waals surface area contributed by atoms with Crippen molar-refractivity contribution in [3.8, 4) is 5.75 Å². The van der Waals surface area contributed by atoms with Crippen LogP contribution in [0, 0.1) is 0 Å². The molecule has 2 heterocycles. The standard InChI is InChI=1S/C12H20N4O2/c1-13-11-10(17-3)12(15-8-14-11)16(2)7-9-5-4-6-18-9/h8-9H,4-7H2,1-3H3,(H,13,14,15). The molecule has 100 valence electrons. The van der Waals surface area contributed by atoms with Crippen LogP contribution in [-0.4, -0.2) is 50.4 Å². The lowest BCUT2D eigenvalue weighted by atomic mass is 10.2. The van der Waals surface area contributed by atoms with E-state index in [1.165, 1.54) is 6.33 Å². The van der Waals surface area contributed by atoms with E-state index in [9.17, 15) is 0 Å². The maximum Gasteiger partial charge on any atom is 0.204 e. The molecule has 1 aliphatic rings. The highest BCUT2D eigenvalue weighted by Crippen LogP contribution is 2.31. The molecule has 0 amide bonds. The van der Waals surface area contributed by atoms with Crippen LogP contribution in [0.1, 0.15) is 12.8 Å². The summed E-state index contributed by atoms with van der Waals surface area (Å²) >= 11 is 0. The topological polar surface area (TPSA) is 59.5 Å². The number of methoxy groups -OCH3 is 1. The second kappa shape index (κ2) is 5.86. The first-order valence-electron chi connectivity index (χ1n) is 6.15. The molecule has 6 heteroatoms. The maximum atomic E-state index is 5.63. The smallest absolute Gasteiger partial charge is 0.204 e. The molecule has 1 aromatic heterocycles. The zero-order valence-electron chi connectivity index (χ0n) is 11.1. The van der Waals surface area contributed by atoms with E-state index in [1.54, 1.807) is 7.11 Å². The summed E-state index contributed by atoms with van der Waals surface area (Å²) < 4.78 is 11.0. The van der Waals surface area contributed by atoms with Gasteiger partial charge in [0.15, 0.2) is 11.6 Å². The van der Waals surface area contributed by atoms with Gasteiger partial charge in [0.2, 0.25) is 5.75 Å². The zero-order valence-corrected chi connectivity index (χ0v) is 11.1. The van der Waals surface area contributed by atoms with Crippen molar-refractivity contribution >= 4 is 11.6 Å². The Labute approximate surface area is 107 Å². The Kier molecular flexibility index (Phi) is 4.19. The second-order valence-corrected chi connectivity index (χ2v) is 4.34. The third-order valence-electron chi connectivity index (χ3n) is 3.09. The van der Waals surface area contributed by atoms with Crippen LogP contribution in [0.25, 0.3) is 0 Å². The van der Waals surface area contributed by atoms with Crippen LogP contribution < -0.4 is 15.0 Å². The summed E-state index contributed by atoms with van der Waals surface area (Å²) in [5.41, 5.74) is 0. The molecule has 0 bridgehead atoms. The highest BCUT2D eigenvalue weighted by atomic mass is 16.5. The Morgan fingerprint density at radius 1 is 1.56 bits per heavy atom. The van der Waals surface area contributed by atoms with Gasteiger partial charge in [-0.2, -0.15) is 0 Å². The Morgan fingerprint density at radius 2 is 2.39 bits per heavy atom. The lowest BCUT2D eigenvalue weighted by Crippen LogP contribution is -2.29. The Balaban J connectivity index is 2.15. The minimum absolute atomic E-state index is 0.285. The van der Waals surface area contributed by atoms with Crippen molar-refractivity contribution in [2.45, 2.75) is 18.9 Å². The average molecular weight is 252 g/mol. The van der Waals surface area contributed by atoms with Crippen molar-refractivity contribution in [3.63, 3.8) is 0 Å². The zero-order chi connectivity index (χ0) is 13.0. The summed E-state index contributed by atoms with van der Waals surface area (Å²) in [5, 5.41) is 3.00. The quantitative estimate of drug-likeness (QED) is 0.848. The third-order valence-corrected chi connectivity index (χ3v) is 3.09. The second-order valence-electron chi connectivity index (χ2n) is 4.34. The molecule has 0 aromatic carbocycles. The molecule has 1 N–H and O–H groups in total. The molecular formula is C12H20N4O2. The van der Waals surface area contributed by atoms with Gasteiger partial charge in [-0.1, -0.05) is 0 Å². The van der Waals surface area contributed by atoms with Crippen LogP contribution in [0.3, 0.4) is 0 Å². The monoisotopic (exact) mass is 252 g/mol. The van der Waals surface area contributed by atoms with Crippen molar-refractivity contribution in [1.82, 2.24) is 9.97 Å². The van der Waals surface area contributed by atoms with Crippen LogP contribution in [0.2, 0.25) is 0 Å². The molecule has 1 aliphatic heterocycles. The van der Waals surface area contributed by atoms with Gasteiger partial charge in [0.05, 0.1) is 13.2 Å². The van der Waals surface area contributed by atoms with Crippen LogP contribution in [0.4, 0.5) is 11.6 Å². The third kappa shape index (κ3) is 2.64. The summed E-state index contributed by atoms with van der Waals surface area (Å²) in [6, 6.07) is 0. The normalized spacial score (nSPS) is 18.7. The molecule has 1 fully saturated rings. The Morgan fingerprint density at radius 3 is 3.00 bits per heavy atom. The summed E-state index contributed by atoms with van der Waals surface area (Å²) in [5.74, 6) is 2.15. The van der Waals surface area contributed by atoms with Gasteiger partial charge >= 0.3 is 0 Å². The average Bonchev–Trinajstić information content (AvgIpc) is 2.90. The maximum absolute atomic E-state index is 5.63. The van der Waals surface area contributed by atoms with Gasteiger partial charge in [-0.05, 0) is 12.8 Å². The van der Waals surface area contributed by atoms with E-state index in [1.807, 2.05) is 14.1 Å². The fourth-order valence-corrected chi connectivity index (χ4v) is 2.18. The number of hydrogen-bond donors (Lipinski definition) is 1. The van der Waals surface area contributed by atoms with Crippen molar-refractivity contribution in [3.05, 3.63) is 6.33 Å². The van der Waals surface area contributed by atoms with E-state index in [2.05, 4.69) is 20.2 Å². The minimum atomic E-state index is 0.285. The van der Waals surface area contributed by atoms with E-state index in [-0.39, 0.29) is 6.10 Å². The molecule has 1 unspecified atom stereocenters. The van der Waals surface area contributed by atoms with E-state index >= 15 is 0 Å². The fraction of sp³-hybridized carbons (Fsp3) is 0.667. The number of nitrogens with one attached hydrogen (secondary N) is 1. The highest BCUT2D eigenvalue weighted by molar-refractivity contribution is 5.64. The fourth-order valence-electron chi connectivity index (χ4n) is 2.18. The first kappa shape index (κ1) is 12.9. The van der Waals surface area contributed by atoms with Crippen LogP contribution in [0.15, 0.2) is 6.33 Å². The number of aromatic nitrogens is 2. The summed E-state index contributed by atoms with van der Waals surface area (Å²) in [6.07, 6.45) is 4.07. The molecule has 1 aromatic rings. The van der Waals surface area contributed by atoms with Gasteiger partial charge < -0.3 is 19.7 Å². The van der Waals surface area contributed by atoms with Gasteiger partial charge in [0, 0.05) is 27.2 Å². The van der Waals surface area contributed by atoms with Crippen LogP contribution in [-0.2, 0) is 4.74 Å². The van der Waals surface area contributed by atoms with Gasteiger partial charge in [0.1, 0.15) is 6.33 Å². The number of nitrogens with zero attached hydrogens (tertiary/aromatic N) is 3. The molecule has 2 rings (SSSR count). The van der Waals surface area contributed by atoms with Crippen LogP contribution >= 0.6 is 0 Å². The van der Waals surface area contributed by atoms with Crippen molar-refractivity contribution in [2.24, 2.45) is 0 Å². The minimum Gasteiger partial charge on any atom is -0.490 e. The first-order valence-corrected chi connectivity index (χ1v) is 6.15. The van der Waals surface area contributed by atoms with Gasteiger partial charge in [-0.25, -0.2) is 9.97 Å². The largest absolute Gasteiger partial charge is 0.490 e. The van der Waals surface area contributed by atoms with E-state index in [0.29, 0.717) is 11.6 Å². The molecule has 18 heavy (non-hydrogen) atoms. The van der Waals surface area contributed by atoms with E-state index < -0.39 is 0 Å². The summed E-state index contributed by atoms with van der Waals surface area (Å²) in [7, 11) is 5.43. The molecule has 0 saturated carbocycles. The Hall–Kier alpha value is -1.56. The number of rotatable bonds is 5. The lowest BCUT2D eigenvalue weighted by molar-refractivity contribution is 0.116. The molecule has 0 radical (unpaired) electrons. The summed E-state index contributed by atoms with van der Waals surface area (Å²) in [6.45, 7) is 1.68. The predicted octanol–water partition coefficient (Wildman–Crippen LogP) is 1.14. The molecule has 1 saturated heterocycles. The van der Waals surface area contributed by atoms with Gasteiger partial charge in [-0.15, -0.1) is 0 Å². The lowest BCUT2D eigenvalue weighted by Gasteiger charge is -2.23. The predicted molar refractivity (Wildman–Crippen MR) is 70.4 cm³/mol. The molecule has 0 spiro atoms. The van der Waals surface area contributed by atoms with Gasteiger partial charge in [-0.3, -0.25) is 0 Å². The SMILES string of the molecule is CNc1ncnc(N(C)CC2CCCO2)c1OC. The Bertz CT molecular complexity index is 394. The van der Waals surface area contributed by atoms with Crippen molar-refractivity contribution < 1.29 is 9.47 Å². The molecule has 6 nitrogen and oxygen atoms in total. The molecular weight excluding hydrogens is 232 g/mol. The molecule has 1 atom stereocenters. The van der Waals surface area contributed by atoms with E-state index in [0.717, 1.165) is 31.8 Å². The number of ether oxygens (including phenoxy) is 2. The summed E-state index contributed by atoms with van der Waals surface area (Å²) in [4.78, 5) is 10.5. The van der Waals surface area contributed by atoms with Crippen molar-refractivity contribution in [2.75, 3.05) is 44.6 Å². The number of likely N-dealkylation sites (N-methyl/N-ethyl adjacent to an activating group) is 1. The van der Waals surface area contributed by atoms with Gasteiger partial charge in [0.25, 0.3) is 0 Å². The number of hydrogen-bond acceptors (Lipinski definition) is 6. The molecule has 0 aliphatic carbocycles. The first-order chi connectivity index (χ1) is 8.76. The van der Waals surface area contributed by atoms with Crippen molar-refractivity contribution in [1.29, 1.82) is 0 Å². The van der Waals surface area contributed by atoms with E-state index in [4.69, 9.17) is 9.47 Å².